The van der Waals surface area contributed by atoms with E-state index in [2.05, 4.69) is 4.90 Å². The molecule has 0 amide bonds. The van der Waals surface area contributed by atoms with Gasteiger partial charge >= 0.3 is 11.9 Å². The quantitative estimate of drug-likeness (QED) is 0.481. The molecule has 0 bridgehead atoms. The van der Waals surface area contributed by atoms with Crippen LogP contribution in [0.1, 0.15) is 44.2 Å². The van der Waals surface area contributed by atoms with E-state index >= 15 is 0 Å². The molecule has 160 valence electrons. The molecule has 1 fully saturated rings. The number of ether oxygens (including phenoxy) is 1. The van der Waals surface area contributed by atoms with Crippen LogP contribution in [-0.2, 0) is 29.9 Å². The topological polar surface area (TPSA) is 101 Å². The highest BCUT2D eigenvalue weighted by Gasteiger charge is 2.43. The minimum absolute atomic E-state index is 0.162. The van der Waals surface area contributed by atoms with Crippen molar-refractivity contribution in [3.63, 3.8) is 0 Å². The fourth-order valence-corrected chi connectivity index (χ4v) is 4.47. The van der Waals surface area contributed by atoms with Gasteiger partial charge in [0, 0.05) is 12.6 Å². The predicted octanol–water partition coefficient (Wildman–Crippen LogP) is 2.51. The lowest BCUT2D eigenvalue weighted by molar-refractivity contribution is -0.146. The Labute approximate surface area is 172 Å². The van der Waals surface area contributed by atoms with E-state index in [4.69, 9.17) is 9.84 Å². The number of carboxylic acid groups (broad SMARTS) is 1. The molecule has 0 unspecified atom stereocenters. The normalized spacial score (nSPS) is 16.1. The van der Waals surface area contributed by atoms with E-state index in [1.54, 1.807) is 24.3 Å². The highest BCUT2D eigenvalue weighted by molar-refractivity contribution is 7.92. The molecule has 0 radical (unpaired) electrons. The number of carbonyl (C=O) groups excluding carboxylic acids is 1. The Morgan fingerprint density at radius 1 is 1.17 bits per heavy atom. The molecule has 0 aliphatic carbocycles. The van der Waals surface area contributed by atoms with Crippen molar-refractivity contribution >= 4 is 27.9 Å². The molecule has 8 heteroatoms. The van der Waals surface area contributed by atoms with Gasteiger partial charge in [-0.2, -0.15) is 0 Å². The number of esters is 1. The molecule has 2 rings (SSSR count). The van der Waals surface area contributed by atoms with Gasteiger partial charge in [-0.1, -0.05) is 30.7 Å². The van der Waals surface area contributed by atoms with Crippen molar-refractivity contribution in [3.8, 4) is 0 Å². The van der Waals surface area contributed by atoms with Crippen molar-refractivity contribution in [1.29, 1.82) is 0 Å². The summed E-state index contributed by atoms with van der Waals surface area (Å²) in [5.74, 6) is -2.28. The number of sulfone groups is 1. The second-order valence-corrected chi connectivity index (χ2v) is 10.2. The number of hydrogen-bond donors (Lipinski definition) is 1. The SMILES string of the molecule is CC(C)(C(=O)OCCN1CCCCC1)S(=O)(=O)Cc1ccccc1/C=C/C(=O)O. The number of likely N-dealkylation sites (tertiary alicyclic amines) is 1. The number of benzene rings is 1. The number of hydrogen-bond acceptors (Lipinski definition) is 6. The summed E-state index contributed by atoms with van der Waals surface area (Å²) < 4.78 is 29.5. The minimum atomic E-state index is -3.90. The molecule has 7 nitrogen and oxygen atoms in total. The summed E-state index contributed by atoms with van der Waals surface area (Å²) in [5.41, 5.74) is 0.909. The van der Waals surface area contributed by atoms with Gasteiger partial charge in [0.1, 0.15) is 6.61 Å². The standard InChI is InChI=1S/C21H29NO6S/c1-21(2,20(25)28-15-14-22-12-6-3-7-13-22)29(26,27)16-18-9-5-4-8-17(18)10-11-19(23)24/h4-5,8-11H,3,6-7,12-16H2,1-2H3,(H,23,24)/b11-10+. The van der Waals surface area contributed by atoms with Crippen molar-refractivity contribution in [3.05, 3.63) is 41.5 Å². The summed E-state index contributed by atoms with van der Waals surface area (Å²) in [6.45, 7) is 5.41. The van der Waals surface area contributed by atoms with Crippen LogP contribution in [-0.4, -0.2) is 61.4 Å². The van der Waals surface area contributed by atoms with Gasteiger partial charge in [-0.25, -0.2) is 13.2 Å². The fourth-order valence-electron chi connectivity index (χ4n) is 3.13. The Morgan fingerprint density at radius 3 is 2.48 bits per heavy atom. The lowest BCUT2D eigenvalue weighted by Crippen LogP contribution is -2.44. The van der Waals surface area contributed by atoms with Gasteiger partial charge in [0.15, 0.2) is 14.6 Å². The lowest BCUT2D eigenvalue weighted by Gasteiger charge is -2.27. The molecule has 1 aromatic rings. The Kier molecular flexibility index (Phi) is 7.98. The van der Waals surface area contributed by atoms with Gasteiger partial charge in [0.25, 0.3) is 0 Å². The maximum atomic E-state index is 13.0. The van der Waals surface area contributed by atoms with E-state index in [1.165, 1.54) is 26.3 Å². The monoisotopic (exact) mass is 423 g/mol. The second kappa shape index (κ2) is 10.0. The van der Waals surface area contributed by atoms with Crippen molar-refractivity contribution in [2.24, 2.45) is 0 Å². The van der Waals surface area contributed by atoms with E-state index in [0.717, 1.165) is 32.0 Å². The van der Waals surface area contributed by atoms with Crippen LogP contribution in [0.2, 0.25) is 0 Å². The molecule has 1 heterocycles. The van der Waals surface area contributed by atoms with E-state index in [-0.39, 0.29) is 12.4 Å². The highest BCUT2D eigenvalue weighted by atomic mass is 32.2. The maximum Gasteiger partial charge on any atom is 0.328 e. The van der Waals surface area contributed by atoms with Crippen molar-refractivity contribution < 1.29 is 27.9 Å². The minimum Gasteiger partial charge on any atom is -0.478 e. The summed E-state index contributed by atoms with van der Waals surface area (Å²) in [7, 11) is -3.90. The molecule has 1 aliphatic heterocycles. The first-order valence-electron chi connectivity index (χ1n) is 9.74. The van der Waals surface area contributed by atoms with Crippen molar-refractivity contribution in [2.45, 2.75) is 43.6 Å². The van der Waals surface area contributed by atoms with Gasteiger partial charge in [-0.3, -0.25) is 9.69 Å². The van der Waals surface area contributed by atoms with Crippen LogP contribution in [0.15, 0.2) is 30.3 Å². The van der Waals surface area contributed by atoms with Crippen LogP contribution >= 0.6 is 0 Å². The Balaban J connectivity index is 2.04. The molecule has 1 N–H and O–H groups in total. The van der Waals surface area contributed by atoms with E-state index < -0.39 is 26.5 Å². The zero-order valence-electron chi connectivity index (χ0n) is 17.0. The molecule has 0 saturated carbocycles. The molecule has 0 aromatic heterocycles. The lowest BCUT2D eigenvalue weighted by atomic mass is 10.1. The summed E-state index contributed by atoms with van der Waals surface area (Å²) >= 11 is 0. The summed E-state index contributed by atoms with van der Waals surface area (Å²) in [6.07, 6.45) is 5.76. The van der Waals surface area contributed by atoms with Gasteiger partial charge < -0.3 is 9.84 Å². The molecular formula is C21H29NO6S. The van der Waals surface area contributed by atoms with Crippen LogP contribution in [0.25, 0.3) is 6.08 Å². The average molecular weight is 424 g/mol. The highest BCUT2D eigenvalue weighted by Crippen LogP contribution is 2.25. The summed E-state index contributed by atoms with van der Waals surface area (Å²) in [6, 6.07) is 6.61. The zero-order chi connectivity index (χ0) is 21.5. The first kappa shape index (κ1) is 23.1. The van der Waals surface area contributed by atoms with Gasteiger partial charge in [-0.15, -0.1) is 0 Å². The first-order valence-corrected chi connectivity index (χ1v) is 11.4. The van der Waals surface area contributed by atoms with E-state index in [0.29, 0.717) is 17.7 Å². The van der Waals surface area contributed by atoms with Crippen LogP contribution in [0, 0.1) is 0 Å². The van der Waals surface area contributed by atoms with Gasteiger partial charge in [0.05, 0.1) is 5.75 Å². The third kappa shape index (κ3) is 6.40. The summed E-state index contributed by atoms with van der Waals surface area (Å²) in [4.78, 5) is 25.5. The van der Waals surface area contributed by atoms with E-state index in [9.17, 15) is 18.0 Å². The third-order valence-corrected chi connectivity index (χ3v) is 7.58. The number of piperidine rings is 1. The zero-order valence-corrected chi connectivity index (χ0v) is 17.8. The Hall–Kier alpha value is -2.19. The number of rotatable bonds is 9. The fraction of sp³-hybridized carbons (Fsp3) is 0.524. The Bertz CT molecular complexity index is 854. The molecule has 0 spiro atoms. The second-order valence-electron chi connectivity index (χ2n) is 7.68. The average Bonchev–Trinajstić information content (AvgIpc) is 2.67. The van der Waals surface area contributed by atoms with E-state index in [1.807, 2.05) is 0 Å². The first-order chi connectivity index (χ1) is 13.6. The number of carboxylic acids is 1. The largest absolute Gasteiger partial charge is 0.478 e. The predicted molar refractivity (Wildman–Crippen MR) is 111 cm³/mol. The smallest absolute Gasteiger partial charge is 0.328 e. The molecule has 1 aliphatic rings. The van der Waals surface area contributed by atoms with Crippen molar-refractivity contribution in [2.75, 3.05) is 26.2 Å². The molecule has 1 saturated heterocycles. The summed E-state index contributed by atoms with van der Waals surface area (Å²) in [5, 5.41) is 8.81. The molecule has 1 aromatic carbocycles. The molecular weight excluding hydrogens is 394 g/mol. The van der Waals surface area contributed by atoms with Crippen molar-refractivity contribution in [1.82, 2.24) is 4.90 Å². The van der Waals surface area contributed by atoms with Gasteiger partial charge in [-0.05, 0) is 57.0 Å². The van der Waals surface area contributed by atoms with Crippen LogP contribution in [0.3, 0.4) is 0 Å². The van der Waals surface area contributed by atoms with Gasteiger partial charge in [0.2, 0.25) is 0 Å². The Morgan fingerprint density at radius 2 is 1.83 bits per heavy atom. The third-order valence-electron chi connectivity index (χ3n) is 5.16. The maximum absolute atomic E-state index is 13.0. The number of carbonyl (C=O) groups is 2. The molecule has 29 heavy (non-hydrogen) atoms. The number of aliphatic carboxylic acids is 1. The van der Waals surface area contributed by atoms with Crippen LogP contribution < -0.4 is 0 Å². The van der Waals surface area contributed by atoms with Crippen LogP contribution in [0.5, 0.6) is 0 Å². The molecule has 0 atom stereocenters. The number of nitrogens with zero attached hydrogens (tertiary/aromatic N) is 1. The van der Waals surface area contributed by atoms with Crippen LogP contribution in [0.4, 0.5) is 0 Å².